The van der Waals surface area contributed by atoms with Crippen LogP contribution in [0.4, 0.5) is 5.69 Å². The van der Waals surface area contributed by atoms with E-state index in [4.69, 9.17) is 0 Å². The number of thiazole rings is 1. The molecule has 112 valence electrons. The summed E-state index contributed by atoms with van der Waals surface area (Å²) in [7, 11) is 0. The Labute approximate surface area is 150 Å². The predicted octanol–water partition coefficient (Wildman–Crippen LogP) is 5.18. The molecule has 0 bridgehead atoms. The largest absolute Gasteiger partial charge is 0.322 e. The molecule has 1 aromatic heterocycles. The first-order valence-corrected chi connectivity index (χ1v) is 9.71. The van der Waals surface area contributed by atoms with E-state index >= 15 is 0 Å². The lowest BCUT2D eigenvalue weighted by molar-refractivity contribution is 0.102. The quantitative estimate of drug-likeness (QED) is 0.451. The Bertz CT molecular complexity index is 860. The molecule has 2 aromatic carbocycles. The molecule has 3 rings (SSSR count). The number of rotatable bonds is 3. The number of nitrogens with zero attached hydrogens (tertiary/aromatic N) is 1. The number of nitrogens with one attached hydrogen (secondary N) is 1. The number of benzene rings is 2. The Kier molecular flexibility index (Phi) is 4.70. The van der Waals surface area contributed by atoms with Gasteiger partial charge < -0.3 is 5.32 Å². The van der Waals surface area contributed by atoms with Crippen molar-refractivity contribution in [1.29, 1.82) is 0 Å². The lowest BCUT2D eigenvalue weighted by atomic mass is 10.1. The lowest BCUT2D eigenvalue weighted by Gasteiger charge is -2.08. The van der Waals surface area contributed by atoms with Crippen LogP contribution in [0.15, 0.2) is 40.7 Å². The molecule has 0 atom stereocenters. The van der Waals surface area contributed by atoms with Crippen LogP contribution in [0.2, 0.25) is 0 Å². The van der Waals surface area contributed by atoms with E-state index in [9.17, 15) is 4.79 Å². The monoisotopic (exact) mass is 440 g/mol. The summed E-state index contributed by atoms with van der Waals surface area (Å²) < 4.78 is 3.11. The van der Waals surface area contributed by atoms with Gasteiger partial charge in [0.25, 0.3) is 5.91 Å². The van der Waals surface area contributed by atoms with Gasteiger partial charge in [-0.3, -0.25) is 4.79 Å². The second-order valence-electron chi connectivity index (χ2n) is 4.76. The Hall–Kier alpha value is -1.12. The molecule has 3 nitrogen and oxygen atoms in total. The Morgan fingerprint density at radius 3 is 2.91 bits per heavy atom. The summed E-state index contributed by atoms with van der Waals surface area (Å²) in [5.74, 6) is -0.0814. The van der Waals surface area contributed by atoms with Gasteiger partial charge in [0.15, 0.2) is 4.34 Å². The van der Waals surface area contributed by atoms with Crippen LogP contribution < -0.4 is 5.32 Å². The third kappa shape index (κ3) is 3.13. The number of halogens is 1. The van der Waals surface area contributed by atoms with E-state index < -0.39 is 0 Å². The second kappa shape index (κ2) is 6.55. The van der Waals surface area contributed by atoms with E-state index in [0.717, 1.165) is 29.4 Å². The molecular weight excluding hydrogens is 427 g/mol. The Morgan fingerprint density at radius 2 is 2.14 bits per heavy atom. The summed E-state index contributed by atoms with van der Waals surface area (Å²) in [4.78, 5) is 17.0. The smallest absolute Gasteiger partial charge is 0.256 e. The maximum absolute atomic E-state index is 12.5. The Balaban J connectivity index is 1.89. The number of fused-ring (bicyclic) bond motifs is 1. The van der Waals surface area contributed by atoms with E-state index in [1.165, 1.54) is 0 Å². The van der Waals surface area contributed by atoms with E-state index in [0.29, 0.717) is 5.56 Å². The summed E-state index contributed by atoms with van der Waals surface area (Å²) in [5, 5.41) is 2.97. The van der Waals surface area contributed by atoms with Gasteiger partial charge in [-0.1, -0.05) is 23.9 Å². The van der Waals surface area contributed by atoms with Gasteiger partial charge in [-0.05, 0) is 65.6 Å². The summed E-state index contributed by atoms with van der Waals surface area (Å²) in [5.41, 5.74) is 3.58. The van der Waals surface area contributed by atoms with Crippen molar-refractivity contribution in [2.45, 2.75) is 11.3 Å². The van der Waals surface area contributed by atoms with Crippen molar-refractivity contribution in [2.24, 2.45) is 0 Å². The average molecular weight is 440 g/mol. The van der Waals surface area contributed by atoms with Crippen LogP contribution in [0.3, 0.4) is 0 Å². The molecule has 0 fully saturated rings. The summed E-state index contributed by atoms with van der Waals surface area (Å²) >= 11 is 5.49. The fourth-order valence-corrected chi connectivity index (χ4v) is 4.22. The zero-order chi connectivity index (χ0) is 15.7. The predicted molar refractivity (Wildman–Crippen MR) is 103 cm³/mol. The van der Waals surface area contributed by atoms with Gasteiger partial charge in [0.1, 0.15) is 0 Å². The first kappa shape index (κ1) is 15.8. The van der Waals surface area contributed by atoms with Gasteiger partial charge >= 0.3 is 0 Å². The second-order valence-corrected chi connectivity index (χ2v) is 7.92. The SMILES string of the molecule is CSc1nc2ccc(NC(=O)c3cccc(C)c3I)cc2s1. The van der Waals surface area contributed by atoms with Gasteiger partial charge in [-0.15, -0.1) is 11.3 Å². The van der Waals surface area contributed by atoms with E-state index in [1.807, 2.05) is 49.6 Å². The minimum Gasteiger partial charge on any atom is -0.322 e. The third-order valence-corrected chi connectivity index (χ3v) is 6.67. The fraction of sp³-hybridized carbons (Fsp3) is 0.125. The van der Waals surface area contributed by atoms with Crippen LogP contribution in [0, 0.1) is 10.5 Å². The maximum Gasteiger partial charge on any atom is 0.256 e. The van der Waals surface area contributed by atoms with Crippen LogP contribution >= 0.6 is 45.7 Å². The molecule has 0 unspecified atom stereocenters. The van der Waals surface area contributed by atoms with Crippen molar-refractivity contribution in [2.75, 3.05) is 11.6 Å². The van der Waals surface area contributed by atoms with Gasteiger partial charge in [-0.2, -0.15) is 0 Å². The van der Waals surface area contributed by atoms with Crippen molar-refractivity contribution in [3.05, 3.63) is 51.1 Å². The zero-order valence-corrected chi connectivity index (χ0v) is 15.8. The highest BCUT2D eigenvalue weighted by atomic mass is 127. The summed E-state index contributed by atoms with van der Waals surface area (Å²) in [6.45, 7) is 2.01. The molecule has 1 amide bonds. The van der Waals surface area contributed by atoms with Crippen LogP contribution in [-0.4, -0.2) is 17.1 Å². The van der Waals surface area contributed by atoms with Crippen molar-refractivity contribution in [3.63, 3.8) is 0 Å². The molecule has 6 heteroatoms. The average Bonchev–Trinajstić information content (AvgIpc) is 2.92. The summed E-state index contributed by atoms with van der Waals surface area (Å²) in [6, 6.07) is 11.6. The molecule has 0 radical (unpaired) electrons. The molecule has 3 aromatic rings. The van der Waals surface area contributed by atoms with Crippen LogP contribution in [-0.2, 0) is 0 Å². The van der Waals surface area contributed by atoms with Crippen molar-refractivity contribution >= 4 is 67.5 Å². The lowest BCUT2D eigenvalue weighted by Crippen LogP contribution is -2.13. The molecule has 0 saturated carbocycles. The molecule has 0 aliphatic rings. The van der Waals surface area contributed by atoms with Crippen molar-refractivity contribution in [3.8, 4) is 0 Å². The fourth-order valence-electron chi connectivity index (χ4n) is 2.09. The first-order chi connectivity index (χ1) is 10.6. The number of anilines is 1. The molecule has 0 saturated heterocycles. The number of aryl methyl sites for hydroxylation is 1. The number of amides is 1. The summed E-state index contributed by atoms with van der Waals surface area (Å²) in [6.07, 6.45) is 2.01. The topological polar surface area (TPSA) is 42.0 Å². The number of hydrogen-bond acceptors (Lipinski definition) is 4. The van der Waals surface area contributed by atoms with E-state index in [-0.39, 0.29) is 5.91 Å². The maximum atomic E-state index is 12.5. The minimum atomic E-state index is -0.0814. The van der Waals surface area contributed by atoms with Gasteiger partial charge in [0.05, 0.1) is 15.8 Å². The third-order valence-electron chi connectivity index (χ3n) is 3.24. The van der Waals surface area contributed by atoms with Crippen LogP contribution in [0.25, 0.3) is 10.2 Å². The van der Waals surface area contributed by atoms with E-state index in [1.54, 1.807) is 23.1 Å². The number of carbonyl (C=O) groups is 1. The first-order valence-electron chi connectivity index (χ1n) is 6.59. The van der Waals surface area contributed by atoms with Gasteiger partial charge in [0, 0.05) is 9.26 Å². The molecule has 0 aliphatic carbocycles. The van der Waals surface area contributed by atoms with Crippen LogP contribution in [0.1, 0.15) is 15.9 Å². The Morgan fingerprint density at radius 1 is 1.32 bits per heavy atom. The van der Waals surface area contributed by atoms with Crippen LogP contribution in [0.5, 0.6) is 0 Å². The highest BCUT2D eigenvalue weighted by Gasteiger charge is 2.12. The number of aromatic nitrogens is 1. The highest BCUT2D eigenvalue weighted by molar-refractivity contribution is 14.1. The minimum absolute atomic E-state index is 0.0814. The molecule has 1 N–H and O–H groups in total. The van der Waals surface area contributed by atoms with Gasteiger partial charge in [0.2, 0.25) is 0 Å². The molecule has 0 spiro atoms. The molecule has 22 heavy (non-hydrogen) atoms. The number of thioether (sulfide) groups is 1. The normalized spacial score (nSPS) is 10.9. The standard InChI is InChI=1S/C16H13IN2OS2/c1-9-4-3-5-11(14(9)17)15(20)18-10-6-7-12-13(8-10)22-16(19-12)21-2/h3-8H,1-2H3,(H,18,20). The zero-order valence-electron chi connectivity index (χ0n) is 12.0. The van der Waals surface area contributed by atoms with Gasteiger partial charge in [-0.25, -0.2) is 4.98 Å². The van der Waals surface area contributed by atoms with Crippen molar-refractivity contribution < 1.29 is 4.79 Å². The number of carbonyl (C=O) groups excluding carboxylic acids is 1. The number of hydrogen-bond donors (Lipinski definition) is 1. The molecular formula is C16H13IN2OS2. The van der Waals surface area contributed by atoms with E-state index in [2.05, 4.69) is 32.9 Å². The van der Waals surface area contributed by atoms with Crippen molar-refractivity contribution in [1.82, 2.24) is 4.98 Å². The highest BCUT2D eigenvalue weighted by Crippen LogP contribution is 2.30. The molecule has 0 aliphatic heterocycles. The molecule has 1 heterocycles.